The van der Waals surface area contributed by atoms with Crippen LogP contribution in [0.25, 0.3) is 16.7 Å². The lowest BCUT2D eigenvalue weighted by molar-refractivity contribution is -0.00298. The van der Waals surface area contributed by atoms with Crippen molar-refractivity contribution in [2.24, 2.45) is 5.73 Å². The molecule has 3 aromatic rings. The van der Waals surface area contributed by atoms with E-state index in [-0.39, 0.29) is 5.60 Å². The molecule has 1 atom stereocenters. The van der Waals surface area contributed by atoms with Gasteiger partial charge in [-0.1, -0.05) is 18.2 Å². The molecule has 3 N–H and O–H groups in total. The van der Waals surface area contributed by atoms with E-state index in [2.05, 4.69) is 71.6 Å². The molecule has 33 heavy (non-hydrogen) atoms. The van der Waals surface area contributed by atoms with Gasteiger partial charge in [-0.15, -0.1) is 0 Å². The molecule has 0 radical (unpaired) electrons. The van der Waals surface area contributed by atoms with Crippen molar-refractivity contribution in [1.82, 2.24) is 15.3 Å². The standard InChI is InChI=1S/C27H26N4O2/c1-26(2)11-19(7-8-32-26)17-3-5-23-21(9-17)27(12-25(28)31-15-27)22-10-18(4-6-24(22)33-23)20-13-29-16-30-14-20/h3-7,9-10,12-14,16,31H,8,11,15,28H2,1-2H3/t27-/m1/s1. The summed E-state index contributed by atoms with van der Waals surface area (Å²) in [5, 5.41) is 3.36. The van der Waals surface area contributed by atoms with E-state index >= 15 is 0 Å². The minimum absolute atomic E-state index is 0.174. The smallest absolute Gasteiger partial charge is 0.131 e. The van der Waals surface area contributed by atoms with Crippen LogP contribution in [0.1, 0.15) is 37.0 Å². The van der Waals surface area contributed by atoms with Gasteiger partial charge < -0.3 is 20.5 Å². The second-order valence-electron chi connectivity index (χ2n) is 9.55. The van der Waals surface area contributed by atoms with Crippen LogP contribution < -0.4 is 15.8 Å². The molecule has 0 bridgehead atoms. The molecule has 0 saturated carbocycles. The van der Waals surface area contributed by atoms with Gasteiger partial charge in [-0.3, -0.25) is 0 Å². The molecule has 0 fully saturated rings. The molecule has 1 aromatic heterocycles. The minimum Gasteiger partial charge on any atom is -0.457 e. The first-order valence-corrected chi connectivity index (χ1v) is 11.2. The van der Waals surface area contributed by atoms with E-state index in [0.717, 1.165) is 40.2 Å². The van der Waals surface area contributed by atoms with Crippen molar-refractivity contribution in [1.29, 1.82) is 0 Å². The maximum absolute atomic E-state index is 6.40. The molecule has 2 aromatic carbocycles. The summed E-state index contributed by atoms with van der Waals surface area (Å²) in [5.74, 6) is 2.38. The lowest BCUT2D eigenvalue weighted by atomic mass is 9.72. The Balaban J connectivity index is 1.51. The fraction of sp³-hybridized carbons (Fsp3) is 0.259. The van der Waals surface area contributed by atoms with Crippen LogP contribution in [0.4, 0.5) is 0 Å². The Morgan fingerprint density at radius 1 is 0.939 bits per heavy atom. The van der Waals surface area contributed by atoms with Crippen LogP contribution in [0.3, 0.4) is 0 Å². The zero-order valence-electron chi connectivity index (χ0n) is 18.8. The molecule has 6 nitrogen and oxygen atoms in total. The topological polar surface area (TPSA) is 82.3 Å². The van der Waals surface area contributed by atoms with Crippen LogP contribution in [0.5, 0.6) is 11.5 Å². The van der Waals surface area contributed by atoms with Crippen molar-refractivity contribution in [2.45, 2.75) is 31.3 Å². The van der Waals surface area contributed by atoms with E-state index in [1.165, 1.54) is 11.1 Å². The monoisotopic (exact) mass is 438 g/mol. The van der Waals surface area contributed by atoms with Gasteiger partial charge in [-0.2, -0.15) is 0 Å². The molecule has 3 aliphatic heterocycles. The fourth-order valence-electron chi connectivity index (χ4n) is 5.15. The number of nitrogens with zero attached hydrogens (tertiary/aromatic N) is 2. The average molecular weight is 439 g/mol. The number of benzene rings is 2. The number of ether oxygens (including phenoxy) is 2. The van der Waals surface area contributed by atoms with Crippen LogP contribution in [-0.4, -0.2) is 28.7 Å². The summed E-state index contributed by atoms with van der Waals surface area (Å²) in [6, 6.07) is 12.8. The van der Waals surface area contributed by atoms with E-state index in [1.807, 2.05) is 18.5 Å². The molecule has 6 heteroatoms. The number of hydrogen-bond donors (Lipinski definition) is 2. The summed E-state index contributed by atoms with van der Waals surface area (Å²) >= 11 is 0. The SMILES string of the molecule is CC1(C)CC(c2ccc3c(c2)[C@]2(C=C(N)NC2)c2cc(-c4cncnc4)ccc2O3)=CCO1. The van der Waals surface area contributed by atoms with Crippen LogP contribution in [-0.2, 0) is 10.2 Å². The lowest BCUT2D eigenvalue weighted by Crippen LogP contribution is -2.34. The van der Waals surface area contributed by atoms with Crippen molar-refractivity contribution in [2.75, 3.05) is 13.2 Å². The molecule has 0 unspecified atom stereocenters. The summed E-state index contributed by atoms with van der Waals surface area (Å²) in [6.45, 7) is 5.58. The predicted molar refractivity (Wildman–Crippen MR) is 128 cm³/mol. The first-order chi connectivity index (χ1) is 15.9. The normalized spacial score (nSPS) is 22.5. The first-order valence-electron chi connectivity index (χ1n) is 11.2. The summed E-state index contributed by atoms with van der Waals surface area (Å²) < 4.78 is 12.3. The Hall–Kier alpha value is -3.64. The van der Waals surface area contributed by atoms with E-state index in [1.54, 1.807) is 6.33 Å². The highest BCUT2D eigenvalue weighted by Gasteiger charge is 2.44. The predicted octanol–water partition coefficient (Wildman–Crippen LogP) is 4.52. The zero-order chi connectivity index (χ0) is 22.6. The van der Waals surface area contributed by atoms with Crippen LogP contribution in [0.2, 0.25) is 0 Å². The van der Waals surface area contributed by atoms with Crippen molar-refractivity contribution in [3.8, 4) is 22.6 Å². The third-order valence-electron chi connectivity index (χ3n) is 6.80. The fourth-order valence-corrected chi connectivity index (χ4v) is 5.15. The number of rotatable bonds is 2. The highest BCUT2D eigenvalue weighted by atomic mass is 16.5. The van der Waals surface area contributed by atoms with Gasteiger partial charge in [0.15, 0.2) is 0 Å². The molecular formula is C27H26N4O2. The maximum atomic E-state index is 6.40. The quantitative estimate of drug-likeness (QED) is 0.612. The molecule has 0 saturated heterocycles. The van der Waals surface area contributed by atoms with Crippen LogP contribution in [0.15, 0.2) is 73.1 Å². The maximum Gasteiger partial charge on any atom is 0.131 e. The third kappa shape index (κ3) is 3.29. The molecule has 0 aliphatic carbocycles. The highest BCUT2D eigenvalue weighted by molar-refractivity contribution is 5.74. The molecule has 0 amide bonds. The summed E-state index contributed by atoms with van der Waals surface area (Å²) in [5.41, 5.74) is 12.4. The Kier molecular flexibility index (Phi) is 4.35. The molecule has 4 heterocycles. The third-order valence-corrected chi connectivity index (χ3v) is 6.80. The van der Waals surface area contributed by atoms with Gasteiger partial charge in [0.05, 0.1) is 23.4 Å². The number of fused-ring (bicyclic) bond motifs is 4. The first kappa shape index (κ1) is 20.0. The number of aromatic nitrogens is 2. The van der Waals surface area contributed by atoms with Crippen LogP contribution in [0, 0.1) is 0 Å². The van der Waals surface area contributed by atoms with Crippen molar-refractivity contribution >= 4 is 5.57 Å². The minimum atomic E-state index is -0.421. The average Bonchev–Trinajstić information content (AvgIpc) is 3.21. The zero-order valence-corrected chi connectivity index (χ0v) is 18.8. The molecule has 166 valence electrons. The number of nitrogens with one attached hydrogen (secondary N) is 1. The van der Waals surface area contributed by atoms with Gasteiger partial charge in [0.25, 0.3) is 0 Å². The second-order valence-corrected chi connectivity index (χ2v) is 9.55. The largest absolute Gasteiger partial charge is 0.457 e. The van der Waals surface area contributed by atoms with Gasteiger partial charge in [0.2, 0.25) is 0 Å². The van der Waals surface area contributed by atoms with Gasteiger partial charge in [-0.05, 0) is 60.9 Å². The lowest BCUT2D eigenvalue weighted by Gasteiger charge is -2.37. The van der Waals surface area contributed by atoms with Gasteiger partial charge in [-0.25, -0.2) is 9.97 Å². The molecule has 1 spiro atoms. The van der Waals surface area contributed by atoms with E-state index in [0.29, 0.717) is 19.0 Å². The van der Waals surface area contributed by atoms with Crippen LogP contribution >= 0.6 is 0 Å². The Morgan fingerprint density at radius 3 is 2.30 bits per heavy atom. The summed E-state index contributed by atoms with van der Waals surface area (Å²) in [7, 11) is 0. The van der Waals surface area contributed by atoms with Gasteiger partial charge in [0.1, 0.15) is 17.8 Å². The molecular weight excluding hydrogens is 412 g/mol. The number of hydrogen-bond acceptors (Lipinski definition) is 6. The van der Waals surface area contributed by atoms with Gasteiger partial charge >= 0.3 is 0 Å². The second kappa shape index (κ2) is 7.18. The summed E-state index contributed by atoms with van der Waals surface area (Å²) in [4.78, 5) is 8.36. The van der Waals surface area contributed by atoms with E-state index in [9.17, 15) is 0 Å². The number of nitrogens with two attached hydrogens (primary N) is 1. The summed E-state index contributed by atoms with van der Waals surface area (Å²) in [6.07, 6.45) is 10.4. The van der Waals surface area contributed by atoms with E-state index < -0.39 is 5.41 Å². The highest BCUT2D eigenvalue weighted by Crippen LogP contribution is 2.52. The van der Waals surface area contributed by atoms with E-state index in [4.69, 9.17) is 15.2 Å². The Labute approximate surface area is 193 Å². The van der Waals surface area contributed by atoms with Crippen molar-refractivity contribution in [3.63, 3.8) is 0 Å². The molecule has 6 rings (SSSR count). The van der Waals surface area contributed by atoms with Crippen molar-refractivity contribution in [3.05, 3.63) is 89.8 Å². The Bertz CT molecular complexity index is 1310. The van der Waals surface area contributed by atoms with Gasteiger partial charge in [0, 0.05) is 42.0 Å². The van der Waals surface area contributed by atoms with Crippen molar-refractivity contribution < 1.29 is 9.47 Å². The molecule has 3 aliphatic rings. The Morgan fingerprint density at radius 2 is 1.64 bits per heavy atom.